The molecule has 0 saturated heterocycles. The molecule has 0 aromatic rings. The van der Waals surface area contributed by atoms with E-state index in [0.717, 1.165) is 37.6 Å². The normalized spacial score (nSPS) is 52.2. The topological polar surface area (TPSA) is 66.5 Å². The maximum atomic E-state index is 10.1. The second kappa shape index (κ2) is 6.89. The van der Waals surface area contributed by atoms with E-state index in [1.165, 1.54) is 32.1 Å². The fourth-order valence-corrected chi connectivity index (χ4v) is 7.38. The maximum absolute atomic E-state index is 10.1. The minimum absolute atomic E-state index is 0.143. The number of aliphatic hydroxyl groups excluding tert-OH is 2. The van der Waals surface area contributed by atoms with Crippen molar-refractivity contribution in [2.75, 3.05) is 13.2 Å². The van der Waals surface area contributed by atoms with E-state index in [1.807, 2.05) is 0 Å². The number of hydrogen-bond donors (Lipinski definition) is 3. The van der Waals surface area contributed by atoms with Crippen LogP contribution in [0.2, 0.25) is 0 Å². The summed E-state index contributed by atoms with van der Waals surface area (Å²) in [6.07, 6.45) is 9.08. The number of rotatable bonds is 4. The van der Waals surface area contributed by atoms with Crippen LogP contribution in [0.3, 0.4) is 0 Å². The molecule has 3 aliphatic carbocycles. The molecular weight excluding hydrogens is 298 g/mol. The summed E-state index contributed by atoms with van der Waals surface area (Å²) in [6.45, 7) is 8.28. The van der Waals surface area contributed by atoms with Gasteiger partial charge in [0.2, 0.25) is 0 Å². The Morgan fingerprint density at radius 1 is 0.958 bits per heavy atom. The standard InChI is InChI=1S/C21H39NO2/c1-4-14-5-6-18-17(12-22)19(8-10-20(14,18)2)21(3)9-7-16(24)11-15(21)13-23/h14-19,23-24H,4-13,22H2,1-3H3/t14?,15-,16+,17+,18+,19+,20-,21+/m1/s1. The van der Waals surface area contributed by atoms with Crippen LogP contribution in [-0.2, 0) is 0 Å². The Hall–Kier alpha value is -0.120. The molecule has 3 rings (SSSR count). The molecule has 3 saturated carbocycles. The summed E-state index contributed by atoms with van der Waals surface area (Å²) in [7, 11) is 0. The third kappa shape index (κ3) is 2.75. The first-order valence-corrected chi connectivity index (χ1v) is 10.4. The summed E-state index contributed by atoms with van der Waals surface area (Å²) in [6, 6.07) is 0. The monoisotopic (exact) mass is 337 g/mol. The summed E-state index contributed by atoms with van der Waals surface area (Å²) in [4.78, 5) is 0. The van der Waals surface area contributed by atoms with Gasteiger partial charge in [0.25, 0.3) is 0 Å². The van der Waals surface area contributed by atoms with Crippen molar-refractivity contribution in [2.45, 2.75) is 78.2 Å². The van der Waals surface area contributed by atoms with Crippen LogP contribution < -0.4 is 5.73 Å². The minimum atomic E-state index is -0.226. The summed E-state index contributed by atoms with van der Waals surface area (Å²) in [5.41, 5.74) is 6.99. The Labute approximate surface area is 148 Å². The maximum Gasteiger partial charge on any atom is 0.0544 e. The highest BCUT2D eigenvalue weighted by atomic mass is 16.3. The zero-order valence-electron chi connectivity index (χ0n) is 16.0. The molecule has 3 nitrogen and oxygen atoms in total. The number of nitrogens with two attached hydrogens (primary N) is 1. The minimum Gasteiger partial charge on any atom is -0.396 e. The predicted molar refractivity (Wildman–Crippen MR) is 98.4 cm³/mol. The average molecular weight is 338 g/mol. The quantitative estimate of drug-likeness (QED) is 0.734. The lowest BCUT2D eigenvalue weighted by Gasteiger charge is -2.57. The number of hydrogen-bond acceptors (Lipinski definition) is 3. The van der Waals surface area contributed by atoms with Gasteiger partial charge in [-0.3, -0.25) is 0 Å². The van der Waals surface area contributed by atoms with Crippen LogP contribution in [0.25, 0.3) is 0 Å². The van der Waals surface area contributed by atoms with E-state index in [4.69, 9.17) is 5.73 Å². The Balaban J connectivity index is 1.87. The Morgan fingerprint density at radius 3 is 2.21 bits per heavy atom. The largest absolute Gasteiger partial charge is 0.396 e. The van der Waals surface area contributed by atoms with Crippen molar-refractivity contribution in [2.24, 2.45) is 46.2 Å². The van der Waals surface area contributed by atoms with Crippen LogP contribution in [0.1, 0.15) is 72.1 Å². The van der Waals surface area contributed by atoms with Crippen molar-refractivity contribution in [3.63, 3.8) is 0 Å². The van der Waals surface area contributed by atoms with Crippen LogP contribution in [0, 0.1) is 40.4 Å². The highest BCUT2D eigenvalue weighted by Crippen LogP contribution is 2.64. The fraction of sp³-hybridized carbons (Fsp3) is 1.00. The SMILES string of the molecule is CCC1CC[C@H]2[C@H](CN)[C@@H]([C@@]3(C)CC[C@H](O)C[C@@H]3CO)CC[C@]12C. The van der Waals surface area contributed by atoms with Crippen LogP contribution >= 0.6 is 0 Å². The first kappa shape index (κ1) is 18.7. The van der Waals surface area contributed by atoms with Gasteiger partial charge >= 0.3 is 0 Å². The fourth-order valence-electron chi connectivity index (χ4n) is 7.38. The molecule has 24 heavy (non-hydrogen) atoms. The molecule has 0 radical (unpaired) electrons. The second-order valence-electron chi connectivity index (χ2n) is 9.65. The van der Waals surface area contributed by atoms with Gasteiger partial charge in [0.05, 0.1) is 6.10 Å². The highest BCUT2D eigenvalue weighted by Gasteiger charge is 2.57. The molecule has 4 N–H and O–H groups in total. The molecule has 0 amide bonds. The Bertz CT molecular complexity index is 442. The summed E-state index contributed by atoms with van der Waals surface area (Å²) in [5.74, 6) is 3.06. The van der Waals surface area contributed by atoms with Crippen LogP contribution in [0.5, 0.6) is 0 Å². The van der Waals surface area contributed by atoms with Gasteiger partial charge in [-0.1, -0.05) is 27.2 Å². The molecule has 0 heterocycles. The van der Waals surface area contributed by atoms with Gasteiger partial charge in [-0.2, -0.15) is 0 Å². The van der Waals surface area contributed by atoms with E-state index in [-0.39, 0.29) is 24.0 Å². The van der Waals surface area contributed by atoms with Gasteiger partial charge in [0.15, 0.2) is 0 Å². The molecule has 0 spiro atoms. The van der Waals surface area contributed by atoms with Crippen molar-refractivity contribution in [3.8, 4) is 0 Å². The first-order valence-electron chi connectivity index (χ1n) is 10.4. The predicted octanol–water partition coefficient (Wildman–Crippen LogP) is 3.57. The zero-order chi connectivity index (χ0) is 17.5. The smallest absolute Gasteiger partial charge is 0.0544 e. The van der Waals surface area contributed by atoms with Crippen LogP contribution in [0.15, 0.2) is 0 Å². The average Bonchev–Trinajstić information content (AvgIpc) is 2.92. The molecule has 0 aliphatic heterocycles. The Morgan fingerprint density at radius 2 is 1.58 bits per heavy atom. The summed E-state index contributed by atoms with van der Waals surface area (Å²) < 4.78 is 0. The molecule has 0 aromatic heterocycles. The van der Waals surface area contributed by atoms with Crippen molar-refractivity contribution < 1.29 is 10.2 Å². The van der Waals surface area contributed by atoms with Crippen LogP contribution in [0.4, 0.5) is 0 Å². The van der Waals surface area contributed by atoms with E-state index in [1.54, 1.807) is 0 Å². The molecule has 3 heteroatoms. The van der Waals surface area contributed by atoms with Gasteiger partial charge in [-0.15, -0.1) is 0 Å². The van der Waals surface area contributed by atoms with Crippen molar-refractivity contribution in [1.29, 1.82) is 0 Å². The molecule has 0 aromatic carbocycles. The van der Waals surface area contributed by atoms with Gasteiger partial charge in [0, 0.05) is 6.61 Å². The highest BCUT2D eigenvalue weighted by molar-refractivity contribution is 5.07. The van der Waals surface area contributed by atoms with Crippen molar-refractivity contribution in [1.82, 2.24) is 0 Å². The number of fused-ring (bicyclic) bond motifs is 1. The van der Waals surface area contributed by atoms with Crippen molar-refractivity contribution >= 4 is 0 Å². The zero-order valence-corrected chi connectivity index (χ0v) is 16.0. The third-order valence-electron chi connectivity index (χ3n) is 8.97. The number of aliphatic hydroxyl groups is 2. The molecular formula is C21H39NO2. The summed E-state index contributed by atoms with van der Waals surface area (Å²) >= 11 is 0. The van der Waals surface area contributed by atoms with Crippen LogP contribution in [-0.4, -0.2) is 29.5 Å². The Kier molecular flexibility index (Phi) is 5.36. The lowest BCUT2D eigenvalue weighted by Crippen LogP contribution is -2.53. The summed E-state index contributed by atoms with van der Waals surface area (Å²) in [5, 5.41) is 20.1. The first-order chi connectivity index (χ1) is 11.4. The molecule has 8 atom stereocenters. The third-order valence-corrected chi connectivity index (χ3v) is 8.97. The van der Waals surface area contributed by atoms with E-state index >= 15 is 0 Å². The molecule has 3 fully saturated rings. The van der Waals surface area contributed by atoms with E-state index in [0.29, 0.717) is 17.3 Å². The lowest BCUT2D eigenvalue weighted by atomic mass is 9.48. The van der Waals surface area contributed by atoms with E-state index in [9.17, 15) is 10.2 Å². The van der Waals surface area contributed by atoms with Gasteiger partial charge < -0.3 is 15.9 Å². The van der Waals surface area contributed by atoms with Gasteiger partial charge in [0.1, 0.15) is 0 Å². The molecule has 1 unspecified atom stereocenters. The molecule has 3 aliphatic rings. The van der Waals surface area contributed by atoms with Crippen molar-refractivity contribution in [3.05, 3.63) is 0 Å². The van der Waals surface area contributed by atoms with E-state index in [2.05, 4.69) is 20.8 Å². The van der Waals surface area contributed by atoms with Gasteiger partial charge in [-0.25, -0.2) is 0 Å². The lowest BCUT2D eigenvalue weighted by molar-refractivity contribution is -0.102. The molecule has 0 bridgehead atoms. The molecule has 140 valence electrons. The second-order valence-corrected chi connectivity index (χ2v) is 9.65. The van der Waals surface area contributed by atoms with Gasteiger partial charge in [-0.05, 0) is 91.9 Å². The van der Waals surface area contributed by atoms with E-state index < -0.39 is 0 Å².